The maximum absolute atomic E-state index is 6.54. The Balaban J connectivity index is -0.0000115. The molecule has 0 heterocycles. The van der Waals surface area contributed by atoms with E-state index in [1.54, 1.807) is 0 Å². The third kappa shape index (κ3) is 37.4. The van der Waals surface area contributed by atoms with Gasteiger partial charge in [-0.05, 0) is 38.5 Å². The van der Waals surface area contributed by atoms with Gasteiger partial charge in [-0.15, -0.1) is 0 Å². The second kappa shape index (κ2) is 39.0. The van der Waals surface area contributed by atoms with Crippen LogP contribution >= 0.6 is 0 Å². The molecule has 0 bridgehead atoms. The summed E-state index contributed by atoms with van der Waals surface area (Å²) >= 11 is 0. The highest BCUT2D eigenvalue weighted by molar-refractivity contribution is 4.80. The molecule has 0 unspecified atom stereocenters. The number of likely N-dealkylation sites (N-methyl/N-ethyl adjacent to an activating group) is 2. The number of ether oxygens (including phenoxy) is 4. The first kappa shape index (κ1) is 56.1. The van der Waals surface area contributed by atoms with Gasteiger partial charge in [-0.3, -0.25) is 0 Å². The number of nitrogens with zero attached hydrogens (tertiary/aromatic N) is 2. The normalized spacial score (nSPS) is 12.2. The molecule has 0 saturated carbocycles. The third-order valence-electron chi connectivity index (χ3n) is 10.3. The topological polar surface area (TPSA) is 36.9 Å². The van der Waals surface area contributed by atoms with Crippen molar-refractivity contribution in [3.05, 3.63) is 0 Å². The Morgan fingerprint density at radius 3 is 1.04 bits per heavy atom. The molecule has 0 rings (SSSR count). The van der Waals surface area contributed by atoms with Crippen LogP contribution in [0.5, 0.6) is 0 Å². The van der Waals surface area contributed by atoms with Gasteiger partial charge in [0.05, 0.1) is 74.3 Å². The van der Waals surface area contributed by atoms with Crippen LogP contribution in [0.3, 0.4) is 0 Å². The van der Waals surface area contributed by atoms with Gasteiger partial charge in [-0.25, -0.2) is 0 Å². The van der Waals surface area contributed by atoms with Crippen molar-refractivity contribution in [2.24, 2.45) is 5.41 Å². The molecule has 8 heteroatoms. The van der Waals surface area contributed by atoms with E-state index < -0.39 is 0 Å². The molecule has 0 saturated heterocycles. The summed E-state index contributed by atoms with van der Waals surface area (Å²) < 4.78 is 27.5. The molecule has 0 fully saturated rings. The molecule has 0 N–H and O–H groups in total. The standard InChI is InChI=1S/C43H92N2O4.2BrH/c1-9-13-15-17-18-19-20-21-24-29-37-47-40-43(41-48-38-33-44(5,6)31-11-3,42-49-39-34-45(7,8)32-12-4)30-26-23-22-25-28-36-46-35-27-16-14-10-2;;/h9-42H2,1-8H3;2*1H/q+2;;/p-2. The van der Waals surface area contributed by atoms with Gasteiger partial charge >= 0.3 is 0 Å². The van der Waals surface area contributed by atoms with Gasteiger partial charge < -0.3 is 61.9 Å². The van der Waals surface area contributed by atoms with Crippen molar-refractivity contribution in [1.29, 1.82) is 0 Å². The second-order valence-electron chi connectivity index (χ2n) is 16.8. The molecule has 0 aromatic rings. The Morgan fingerprint density at radius 1 is 0.333 bits per heavy atom. The molecule has 0 aromatic carbocycles. The summed E-state index contributed by atoms with van der Waals surface area (Å²) in [5, 5.41) is 0. The van der Waals surface area contributed by atoms with Gasteiger partial charge in [0.1, 0.15) is 13.1 Å². The van der Waals surface area contributed by atoms with Crippen molar-refractivity contribution in [2.45, 2.75) is 169 Å². The van der Waals surface area contributed by atoms with Crippen molar-refractivity contribution in [3.8, 4) is 0 Å². The van der Waals surface area contributed by atoms with Gasteiger partial charge in [0, 0.05) is 25.2 Å². The summed E-state index contributed by atoms with van der Waals surface area (Å²) in [6.45, 7) is 20.1. The molecule has 312 valence electrons. The number of hydrogen-bond donors (Lipinski definition) is 0. The zero-order chi connectivity index (χ0) is 36.4. The highest BCUT2D eigenvalue weighted by Gasteiger charge is 2.32. The number of halogens is 2. The molecular formula is C43H92Br2N2O4. The van der Waals surface area contributed by atoms with E-state index in [1.165, 1.54) is 148 Å². The Labute approximate surface area is 341 Å². The average Bonchev–Trinajstić information content (AvgIpc) is 3.06. The number of unbranched alkanes of at least 4 members (excludes halogenated alkanes) is 16. The van der Waals surface area contributed by atoms with Crippen molar-refractivity contribution in [1.82, 2.24) is 0 Å². The summed E-state index contributed by atoms with van der Waals surface area (Å²) in [7, 11) is 9.30. The molecule has 6 nitrogen and oxygen atoms in total. The molecule has 0 spiro atoms. The molecule has 0 atom stereocenters. The van der Waals surface area contributed by atoms with Crippen LogP contribution in [0.15, 0.2) is 0 Å². The van der Waals surface area contributed by atoms with Crippen LogP contribution < -0.4 is 34.0 Å². The highest BCUT2D eigenvalue weighted by atomic mass is 79.9. The SMILES string of the molecule is CCCCCCCCCCCCOCC(CCCCCCCOCCCCCC)(COCC[N+](C)(C)CCC)COCC[N+](C)(C)CCC.[Br-].[Br-]. The van der Waals surface area contributed by atoms with Gasteiger partial charge in [0.25, 0.3) is 0 Å². The van der Waals surface area contributed by atoms with Crippen LogP contribution in [0.1, 0.15) is 169 Å². The van der Waals surface area contributed by atoms with Gasteiger partial charge in [-0.1, -0.05) is 130 Å². The van der Waals surface area contributed by atoms with Crippen LogP contribution in [-0.2, 0) is 18.9 Å². The Kier molecular flexibility index (Phi) is 42.8. The summed E-state index contributed by atoms with van der Waals surface area (Å²) in [5.74, 6) is 0. The fourth-order valence-electron chi connectivity index (χ4n) is 6.92. The molecular weight excluding hydrogens is 768 g/mol. The number of rotatable bonds is 40. The minimum absolute atomic E-state index is 0. The third-order valence-corrected chi connectivity index (χ3v) is 10.3. The van der Waals surface area contributed by atoms with Gasteiger partial charge in [0.15, 0.2) is 0 Å². The summed E-state index contributed by atoms with van der Waals surface area (Å²) in [6.07, 6.45) is 28.4. The zero-order valence-electron chi connectivity index (χ0n) is 35.8. The van der Waals surface area contributed by atoms with Crippen molar-refractivity contribution in [3.63, 3.8) is 0 Å². The Bertz CT molecular complexity index is 628. The van der Waals surface area contributed by atoms with E-state index >= 15 is 0 Å². The predicted molar refractivity (Wildman–Crippen MR) is 214 cm³/mol. The van der Waals surface area contributed by atoms with Crippen LogP contribution in [0.25, 0.3) is 0 Å². The van der Waals surface area contributed by atoms with E-state index in [-0.39, 0.29) is 39.4 Å². The summed E-state index contributed by atoms with van der Waals surface area (Å²) in [6, 6.07) is 0. The molecule has 0 amide bonds. The molecule has 0 aliphatic carbocycles. The van der Waals surface area contributed by atoms with E-state index in [9.17, 15) is 0 Å². The van der Waals surface area contributed by atoms with E-state index in [1.807, 2.05) is 0 Å². The summed E-state index contributed by atoms with van der Waals surface area (Å²) in [4.78, 5) is 0. The van der Waals surface area contributed by atoms with Crippen LogP contribution in [0.2, 0.25) is 0 Å². The first-order valence-corrected chi connectivity index (χ1v) is 21.6. The van der Waals surface area contributed by atoms with Crippen LogP contribution in [-0.4, -0.2) is 116 Å². The molecule has 0 aliphatic heterocycles. The van der Waals surface area contributed by atoms with Crippen molar-refractivity contribution in [2.75, 3.05) is 107 Å². The van der Waals surface area contributed by atoms with Crippen LogP contribution in [0.4, 0.5) is 0 Å². The minimum Gasteiger partial charge on any atom is -1.00 e. The quantitative estimate of drug-likeness (QED) is 0.0653. The lowest BCUT2D eigenvalue weighted by atomic mass is 9.84. The zero-order valence-corrected chi connectivity index (χ0v) is 39.0. The van der Waals surface area contributed by atoms with Crippen molar-refractivity contribution < 1.29 is 61.9 Å². The second-order valence-corrected chi connectivity index (χ2v) is 16.8. The van der Waals surface area contributed by atoms with E-state index in [2.05, 4.69) is 55.9 Å². The van der Waals surface area contributed by atoms with Crippen molar-refractivity contribution >= 4 is 0 Å². The Morgan fingerprint density at radius 2 is 0.647 bits per heavy atom. The lowest BCUT2D eigenvalue weighted by Crippen LogP contribution is -3.00. The average molecular weight is 861 g/mol. The van der Waals surface area contributed by atoms with Crippen LogP contribution in [0, 0.1) is 5.41 Å². The Hall–Kier alpha value is 0.720. The number of hydrogen-bond acceptors (Lipinski definition) is 4. The minimum atomic E-state index is -0.0795. The first-order valence-electron chi connectivity index (χ1n) is 21.6. The highest BCUT2D eigenvalue weighted by Crippen LogP contribution is 2.28. The smallest absolute Gasteiger partial charge is 0.102 e. The molecule has 0 radical (unpaired) electrons. The maximum atomic E-state index is 6.54. The van der Waals surface area contributed by atoms with E-state index in [0.29, 0.717) is 0 Å². The fraction of sp³-hybridized carbons (Fsp3) is 1.00. The maximum Gasteiger partial charge on any atom is 0.102 e. The largest absolute Gasteiger partial charge is 1.00 e. The van der Waals surface area contributed by atoms with Gasteiger partial charge in [-0.2, -0.15) is 0 Å². The summed E-state index contributed by atoms with van der Waals surface area (Å²) in [5.41, 5.74) is -0.0795. The number of quaternary nitrogens is 2. The van der Waals surface area contributed by atoms with Gasteiger partial charge in [0.2, 0.25) is 0 Å². The fourth-order valence-corrected chi connectivity index (χ4v) is 6.92. The lowest BCUT2D eigenvalue weighted by molar-refractivity contribution is -0.890. The first-order chi connectivity index (χ1) is 23.7. The van der Waals surface area contributed by atoms with E-state index in [4.69, 9.17) is 18.9 Å². The molecule has 51 heavy (non-hydrogen) atoms. The predicted octanol–water partition coefficient (Wildman–Crippen LogP) is 4.86. The monoisotopic (exact) mass is 859 g/mol. The lowest BCUT2D eigenvalue weighted by Gasteiger charge is -2.35. The molecule has 0 aliphatic rings. The van der Waals surface area contributed by atoms with E-state index in [0.717, 1.165) is 81.3 Å². The molecule has 0 aromatic heterocycles.